The summed E-state index contributed by atoms with van der Waals surface area (Å²) in [7, 11) is 0. The van der Waals surface area contributed by atoms with Gasteiger partial charge in [-0.1, -0.05) is 71.9 Å². The van der Waals surface area contributed by atoms with Gasteiger partial charge in [-0.3, -0.25) is 0 Å². The maximum atomic E-state index is 4.53. The normalized spacial score (nSPS) is 10.7. The van der Waals surface area contributed by atoms with Crippen LogP contribution in [0.2, 0.25) is 0 Å². The zero-order valence-corrected chi connectivity index (χ0v) is 26.4. The van der Waals surface area contributed by atoms with Crippen LogP contribution in [0.5, 0.6) is 0 Å². The minimum Gasteiger partial charge on any atom is -0.354 e. The standard InChI is InChI=1S/C23H42I2N12/c1-3-5-12-26-18-32-19(27-13-6-4-2)34-22(33-18)30-16-9-17-31-23-36-20(28-14-7-10-24)35-21(37-23)29-15-8-11-25/h3-17H2,1-2H3,(H3,26,27,30,32,33,34)(H3,28,29,31,35,36,37). The lowest BCUT2D eigenvalue weighted by atomic mass is 10.3. The predicted molar refractivity (Wildman–Crippen MR) is 172 cm³/mol. The molecule has 0 fully saturated rings. The second kappa shape index (κ2) is 20.3. The summed E-state index contributed by atoms with van der Waals surface area (Å²) in [6.45, 7) is 9.08. The van der Waals surface area contributed by atoms with Gasteiger partial charge in [0.2, 0.25) is 35.7 Å². The van der Waals surface area contributed by atoms with E-state index in [4.69, 9.17) is 0 Å². The fraction of sp³-hybridized carbons (Fsp3) is 0.739. The molecular weight excluding hydrogens is 698 g/mol. The molecule has 6 N–H and O–H groups in total. The van der Waals surface area contributed by atoms with Crippen molar-refractivity contribution >= 4 is 80.9 Å². The van der Waals surface area contributed by atoms with E-state index in [-0.39, 0.29) is 0 Å². The van der Waals surface area contributed by atoms with E-state index in [1.165, 1.54) is 0 Å². The van der Waals surface area contributed by atoms with Crippen molar-refractivity contribution in [1.82, 2.24) is 29.9 Å². The molecule has 14 heteroatoms. The van der Waals surface area contributed by atoms with E-state index >= 15 is 0 Å². The molecule has 0 aliphatic carbocycles. The Hall–Kier alpha value is -1.72. The topological polar surface area (TPSA) is 150 Å². The molecule has 37 heavy (non-hydrogen) atoms. The van der Waals surface area contributed by atoms with Gasteiger partial charge in [-0.2, -0.15) is 29.9 Å². The first-order valence-corrected chi connectivity index (χ1v) is 16.3. The maximum absolute atomic E-state index is 4.53. The van der Waals surface area contributed by atoms with E-state index in [1.54, 1.807) is 0 Å². The Balaban J connectivity index is 1.89. The summed E-state index contributed by atoms with van der Waals surface area (Å²) in [4.78, 5) is 27.1. The second-order valence-corrected chi connectivity index (χ2v) is 10.5. The van der Waals surface area contributed by atoms with E-state index < -0.39 is 0 Å². The first kappa shape index (κ1) is 31.5. The average molecular weight is 740 g/mol. The van der Waals surface area contributed by atoms with Gasteiger partial charge in [-0.25, -0.2) is 0 Å². The second-order valence-electron chi connectivity index (χ2n) is 8.32. The average Bonchev–Trinajstić information content (AvgIpc) is 2.89. The summed E-state index contributed by atoms with van der Waals surface area (Å²) in [5.74, 6) is 3.50. The van der Waals surface area contributed by atoms with Crippen molar-refractivity contribution in [3.05, 3.63) is 0 Å². The molecule has 12 nitrogen and oxygen atoms in total. The zero-order chi connectivity index (χ0) is 26.6. The van der Waals surface area contributed by atoms with Gasteiger partial charge in [0.15, 0.2) is 0 Å². The van der Waals surface area contributed by atoms with Gasteiger partial charge in [0.05, 0.1) is 0 Å². The highest BCUT2D eigenvalue weighted by Gasteiger charge is 2.08. The van der Waals surface area contributed by atoms with Crippen LogP contribution in [-0.4, -0.2) is 78.0 Å². The van der Waals surface area contributed by atoms with E-state index in [0.29, 0.717) is 48.8 Å². The molecule has 2 aromatic rings. The number of unbranched alkanes of at least 4 members (excludes halogenated alkanes) is 2. The molecule has 0 saturated heterocycles. The van der Waals surface area contributed by atoms with Crippen LogP contribution in [0, 0.1) is 0 Å². The van der Waals surface area contributed by atoms with Crippen molar-refractivity contribution in [3.63, 3.8) is 0 Å². The van der Waals surface area contributed by atoms with Crippen molar-refractivity contribution < 1.29 is 0 Å². The molecule has 0 aliphatic heterocycles. The molecule has 0 radical (unpaired) electrons. The first-order valence-electron chi connectivity index (χ1n) is 13.3. The van der Waals surface area contributed by atoms with Crippen molar-refractivity contribution in [2.24, 2.45) is 0 Å². The fourth-order valence-electron chi connectivity index (χ4n) is 3.00. The molecule has 0 aliphatic rings. The third-order valence-electron chi connectivity index (χ3n) is 5.00. The Morgan fingerprint density at radius 3 is 0.892 bits per heavy atom. The van der Waals surface area contributed by atoms with Crippen molar-refractivity contribution in [2.75, 3.05) is 80.0 Å². The highest BCUT2D eigenvalue weighted by Crippen LogP contribution is 2.12. The molecule has 0 aromatic carbocycles. The van der Waals surface area contributed by atoms with Gasteiger partial charge < -0.3 is 31.9 Å². The Morgan fingerprint density at radius 2 is 0.649 bits per heavy atom. The Labute approximate surface area is 248 Å². The number of hydrogen-bond acceptors (Lipinski definition) is 12. The third kappa shape index (κ3) is 14.1. The summed E-state index contributed by atoms with van der Waals surface area (Å²) in [6, 6.07) is 0. The van der Waals surface area contributed by atoms with Gasteiger partial charge in [0.1, 0.15) is 0 Å². The third-order valence-corrected chi connectivity index (χ3v) is 6.53. The summed E-state index contributed by atoms with van der Waals surface area (Å²) in [5.41, 5.74) is 0. The number of nitrogens with zero attached hydrogens (tertiary/aromatic N) is 6. The van der Waals surface area contributed by atoms with Crippen molar-refractivity contribution in [1.29, 1.82) is 0 Å². The zero-order valence-electron chi connectivity index (χ0n) is 22.0. The Bertz CT molecular complexity index is 748. The Kier molecular flexibility index (Phi) is 17.3. The van der Waals surface area contributed by atoms with Gasteiger partial charge in [-0.05, 0) is 32.1 Å². The van der Waals surface area contributed by atoms with Gasteiger partial charge >= 0.3 is 0 Å². The number of aromatic nitrogens is 6. The van der Waals surface area contributed by atoms with Crippen LogP contribution in [0.25, 0.3) is 0 Å². The van der Waals surface area contributed by atoms with Crippen LogP contribution in [0.1, 0.15) is 58.8 Å². The van der Waals surface area contributed by atoms with E-state index in [1.807, 2.05) is 0 Å². The quantitative estimate of drug-likeness (QED) is 0.0556. The predicted octanol–water partition coefficient (Wildman–Crippen LogP) is 4.87. The number of anilines is 6. The summed E-state index contributed by atoms with van der Waals surface area (Å²) >= 11 is 4.74. The van der Waals surface area contributed by atoms with Gasteiger partial charge in [-0.15, -0.1) is 0 Å². The summed E-state index contributed by atoms with van der Waals surface area (Å²) in [5, 5.41) is 19.8. The van der Waals surface area contributed by atoms with Gasteiger partial charge in [0.25, 0.3) is 0 Å². The van der Waals surface area contributed by atoms with Crippen molar-refractivity contribution in [3.8, 4) is 0 Å². The number of nitrogens with one attached hydrogen (secondary N) is 6. The van der Waals surface area contributed by atoms with Crippen LogP contribution >= 0.6 is 45.2 Å². The first-order chi connectivity index (χ1) is 18.2. The van der Waals surface area contributed by atoms with Crippen LogP contribution in [0.4, 0.5) is 35.7 Å². The minimum atomic E-state index is 0.564. The molecule has 0 unspecified atom stereocenters. The Morgan fingerprint density at radius 1 is 0.405 bits per heavy atom. The molecule has 0 spiro atoms. The molecule has 2 aromatic heterocycles. The monoisotopic (exact) mass is 740 g/mol. The number of alkyl halides is 2. The van der Waals surface area contributed by atoms with E-state index in [9.17, 15) is 0 Å². The largest absolute Gasteiger partial charge is 0.354 e. The lowest BCUT2D eigenvalue weighted by molar-refractivity contribution is 0.813. The van der Waals surface area contributed by atoms with Gasteiger partial charge in [0, 0.05) is 48.1 Å². The maximum Gasteiger partial charge on any atom is 0.229 e. The highest BCUT2D eigenvalue weighted by molar-refractivity contribution is 14.1. The van der Waals surface area contributed by atoms with E-state index in [0.717, 1.165) is 80.0 Å². The summed E-state index contributed by atoms with van der Waals surface area (Å²) < 4.78 is 2.17. The number of rotatable bonds is 22. The van der Waals surface area contributed by atoms with Crippen LogP contribution in [0.3, 0.4) is 0 Å². The fourth-order valence-corrected chi connectivity index (χ4v) is 3.77. The number of halogens is 2. The van der Waals surface area contributed by atoms with E-state index in [2.05, 4.69) is 121 Å². The molecule has 2 heterocycles. The molecule has 2 rings (SSSR count). The van der Waals surface area contributed by atoms with Crippen LogP contribution in [-0.2, 0) is 0 Å². The smallest absolute Gasteiger partial charge is 0.229 e. The molecule has 0 atom stereocenters. The minimum absolute atomic E-state index is 0.564. The lowest BCUT2D eigenvalue weighted by Crippen LogP contribution is -2.17. The molecule has 0 saturated carbocycles. The SMILES string of the molecule is CCCCNc1nc(NCCCC)nc(NCCCNc2nc(NCCCI)nc(NCCCI)n2)n1. The molecule has 0 amide bonds. The van der Waals surface area contributed by atoms with Crippen molar-refractivity contribution in [2.45, 2.75) is 58.8 Å². The number of hydrogen-bond donors (Lipinski definition) is 6. The molecular formula is C23H42I2N12. The molecule has 0 bridgehead atoms. The van der Waals surface area contributed by atoms with Crippen LogP contribution < -0.4 is 31.9 Å². The molecule has 208 valence electrons. The lowest BCUT2D eigenvalue weighted by Gasteiger charge is -2.12. The highest BCUT2D eigenvalue weighted by atomic mass is 127. The van der Waals surface area contributed by atoms with Crippen LogP contribution in [0.15, 0.2) is 0 Å². The summed E-state index contributed by atoms with van der Waals surface area (Å²) in [6.07, 6.45) is 7.32.